The van der Waals surface area contributed by atoms with Crippen molar-refractivity contribution < 1.29 is 23.9 Å². The number of aliphatic carboxylic acids is 1. The normalized spacial score (nSPS) is 14.7. The molecule has 0 unspecified atom stereocenters. The van der Waals surface area contributed by atoms with E-state index in [1.165, 1.54) is 12.1 Å². The Kier molecular flexibility index (Phi) is 5.54. The van der Waals surface area contributed by atoms with Crippen molar-refractivity contribution in [3.05, 3.63) is 34.6 Å². The molecule has 0 aliphatic carbocycles. The molecule has 1 aliphatic heterocycles. The zero-order valence-corrected chi connectivity index (χ0v) is 13.1. The molecule has 1 aromatic carbocycles. The van der Waals surface area contributed by atoms with Crippen LogP contribution in [0.3, 0.4) is 0 Å². The zero-order valence-electron chi connectivity index (χ0n) is 12.3. The standard InChI is InChI=1S/C15H16ClFN2O4/c16-12-9-10(17)1-2-11(12)15(23)19-7-5-18(6-8-19)13(20)3-4-14(21)22/h1-2,9H,3-8H2,(H,21,22). The highest BCUT2D eigenvalue weighted by molar-refractivity contribution is 6.33. The van der Waals surface area contributed by atoms with Gasteiger partial charge in [-0.1, -0.05) is 11.6 Å². The minimum Gasteiger partial charge on any atom is -0.481 e. The predicted molar refractivity (Wildman–Crippen MR) is 80.8 cm³/mol. The van der Waals surface area contributed by atoms with Gasteiger partial charge in [0.05, 0.1) is 17.0 Å². The van der Waals surface area contributed by atoms with Crippen molar-refractivity contribution in [3.63, 3.8) is 0 Å². The van der Waals surface area contributed by atoms with Gasteiger partial charge in [0, 0.05) is 32.6 Å². The molecule has 1 fully saturated rings. The second-order valence-electron chi connectivity index (χ2n) is 5.19. The van der Waals surface area contributed by atoms with Crippen molar-refractivity contribution in [1.82, 2.24) is 9.80 Å². The van der Waals surface area contributed by atoms with Crippen molar-refractivity contribution in [3.8, 4) is 0 Å². The number of amides is 2. The average Bonchev–Trinajstić information content (AvgIpc) is 2.52. The van der Waals surface area contributed by atoms with Crippen LogP contribution >= 0.6 is 11.6 Å². The average molecular weight is 343 g/mol. The number of halogens is 2. The van der Waals surface area contributed by atoms with Gasteiger partial charge in [-0.05, 0) is 18.2 Å². The number of hydrogen-bond acceptors (Lipinski definition) is 3. The van der Waals surface area contributed by atoms with Gasteiger partial charge < -0.3 is 14.9 Å². The van der Waals surface area contributed by atoms with Gasteiger partial charge in [0.15, 0.2) is 0 Å². The largest absolute Gasteiger partial charge is 0.481 e. The minimum absolute atomic E-state index is 0.0485. The summed E-state index contributed by atoms with van der Waals surface area (Å²) in [5.74, 6) is -2.08. The maximum atomic E-state index is 13.0. The van der Waals surface area contributed by atoms with E-state index in [-0.39, 0.29) is 35.2 Å². The zero-order chi connectivity index (χ0) is 17.0. The van der Waals surface area contributed by atoms with Gasteiger partial charge in [-0.25, -0.2) is 4.39 Å². The molecule has 0 atom stereocenters. The second-order valence-corrected chi connectivity index (χ2v) is 5.60. The Hall–Kier alpha value is -2.15. The number of carbonyl (C=O) groups is 3. The lowest BCUT2D eigenvalue weighted by Gasteiger charge is -2.35. The lowest BCUT2D eigenvalue weighted by molar-refractivity contribution is -0.141. The van der Waals surface area contributed by atoms with Crippen LogP contribution in [-0.2, 0) is 9.59 Å². The molecule has 6 nitrogen and oxygen atoms in total. The molecule has 1 aromatic rings. The Morgan fingerprint density at radius 2 is 1.70 bits per heavy atom. The van der Waals surface area contributed by atoms with Gasteiger partial charge in [-0.2, -0.15) is 0 Å². The summed E-state index contributed by atoms with van der Waals surface area (Å²) in [6.45, 7) is 1.32. The number of benzene rings is 1. The lowest BCUT2D eigenvalue weighted by Crippen LogP contribution is -2.50. The van der Waals surface area contributed by atoms with Gasteiger partial charge in [0.1, 0.15) is 5.82 Å². The van der Waals surface area contributed by atoms with Crippen molar-refractivity contribution in [2.75, 3.05) is 26.2 Å². The second kappa shape index (κ2) is 7.41. The molecule has 1 saturated heterocycles. The fourth-order valence-corrected chi connectivity index (χ4v) is 2.61. The molecule has 1 aliphatic rings. The molecule has 1 N–H and O–H groups in total. The molecule has 0 saturated carbocycles. The van der Waals surface area contributed by atoms with Crippen LogP contribution in [0.15, 0.2) is 18.2 Å². The Bertz CT molecular complexity index is 630. The van der Waals surface area contributed by atoms with E-state index in [2.05, 4.69) is 0 Å². The van der Waals surface area contributed by atoms with Crippen LogP contribution in [0.2, 0.25) is 5.02 Å². The topological polar surface area (TPSA) is 77.9 Å². The van der Waals surface area contributed by atoms with Crippen LogP contribution in [-0.4, -0.2) is 58.9 Å². The number of piperazine rings is 1. The molecule has 1 heterocycles. The summed E-state index contributed by atoms with van der Waals surface area (Å²) in [4.78, 5) is 37.8. The first-order chi connectivity index (χ1) is 10.9. The predicted octanol–water partition coefficient (Wildman–Crippen LogP) is 1.63. The van der Waals surface area contributed by atoms with Crippen LogP contribution in [0, 0.1) is 5.82 Å². The molecule has 0 bridgehead atoms. The molecular weight excluding hydrogens is 327 g/mol. The fourth-order valence-electron chi connectivity index (χ4n) is 2.36. The van der Waals surface area contributed by atoms with Crippen LogP contribution in [0.4, 0.5) is 4.39 Å². The van der Waals surface area contributed by atoms with Gasteiger partial charge in [0.2, 0.25) is 5.91 Å². The third kappa shape index (κ3) is 4.41. The molecule has 2 amide bonds. The molecular formula is C15H16ClFN2O4. The Morgan fingerprint density at radius 3 is 2.26 bits per heavy atom. The summed E-state index contributed by atoms with van der Waals surface area (Å²) in [6.07, 6.45) is -0.254. The minimum atomic E-state index is -1.02. The van der Waals surface area contributed by atoms with Crippen molar-refractivity contribution in [1.29, 1.82) is 0 Å². The van der Waals surface area contributed by atoms with E-state index >= 15 is 0 Å². The number of rotatable bonds is 4. The Morgan fingerprint density at radius 1 is 1.09 bits per heavy atom. The highest BCUT2D eigenvalue weighted by Crippen LogP contribution is 2.20. The van der Waals surface area contributed by atoms with Gasteiger partial charge in [0.25, 0.3) is 5.91 Å². The summed E-state index contributed by atoms with van der Waals surface area (Å²) < 4.78 is 13.0. The van der Waals surface area contributed by atoms with Gasteiger partial charge in [-0.3, -0.25) is 14.4 Å². The van der Waals surface area contributed by atoms with E-state index in [0.717, 1.165) is 6.07 Å². The van der Waals surface area contributed by atoms with Gasteiger partial charge >= 0.3 is 5.97 Å². The summed E-state index contributed by atoms with van der Waals surface area (Å²) in [5, 5.41) is 8.64. The van der Waals surface area contributed by atoms with Gasteiger partial charge in [-0.15, -0.1) is 0 Å². The molecule has 124 valence electrons. The van der Waals surface area contributed by atoms with E-state index in [1.54, 1.807) is 9.80 Å². The van der Waals surface area contributed by atoms with E-state index in [4.69, 9.17) is 16.7 Å². The summed E-state index contributed by atoms with van der Waals surface area (Å²) >= 11 is 5.89. The van der Waals surface area contributed by atoms with E-state index < -0.39 is 11.8 Å². The first-order valence-corrected chi connectivity index (χ1v) is 7.50. The lowest BCUT2D eigenvalue weighted by atomic mass is 10.1. The third-order valence-corrected chi connectivity index (χ3v) is 3.95. The first kappa shape index (κ1) is 17.2. The highest BCUT2D eigenvalue weighted by atomic mass is 35.5. The maximum absolute atomic E-state index is 13.0. The Labute approximate surface area is 137 Å². The van der Waals surface area contributed by atoms with Crippen molar-refractivity contribution >= 4 is 29.4 Å². The highest BCUT2D eigenvalue weighted by Gasteiger charge is 2.26. The van der Waals surface area contributed by atoms with Crippen LogP contribution in [0.5, 0.6) is 0 Å². The van der Waals surface area contributed by atoms with E-state index in [9.17, 15) is 18.8 Å². The molecule has 0 spiro atoms. The molecule has 23 heavy (non-hydrogen) atoms. The molecule has 0 radical (unpaired) electrons. The third-order valence-electron chi connectivity index (χ3n) is 3.63. The quantitative estimate of drug-likeness (QED) is 0.902. The number of nitrogens with zero attached hydrogens (tertiary/aromatic N) is 2. The number of hydrogen-bond donors (Lipinski definition) is 1. The summed E-state index contributed by atoms with van der Waals surface area (Å²) in [5.41, 5.74) is 0.221. The van der Waals surface area contributed by atoms with Crippen LogP contribution < -0.4 is 0 Å². The Balaban J connectivity index is 1.92. The summed E-state index contributed by atoms with van der Waals surface area (Å²) in [6, 6.07) is 3.59. The van der Waals surface area contributed by atoms with Crippen molar-refractivity contribution in [2.24, 2.45) is 0 Å². The van der Waals surface area contributed by atoms with E-state index in [0.29, 0.717) is 26.2 Å². The van der Waals surface area contributed by atoms with Crippen LogP contribution in [0.1, 0.15) is 23.2 Å². The maximum Gasteiger partial charge on any atom is 0.303 e. The first-order valence-electron chi connectivity index (χ1n) is 7.12. The van der Waals surface area contributed by atoms with E-state index in [1.807, 2.05) is 0 Å². The summed E-state index contributed by atoms with van der Waals surface area (Å²) in [7, 11) is 0. The van der Waals surface area contributed by atoms with Crippen LogP contribution in [0.25, 0.3) is 0 Å². The molecule has 0 aromatic heterocycles. The smallest absolute Gasteiger partial charge is 0.303 e. The fraction of sp³-hybridized carbons (Fsp3) is 0.400. The number of carbonyl (C=O) groups excluding carboxylic acids is 2. The van der Waals surface area contributed by atoms with Crippen molar-refractivity contribution in [2.45, 2.75) is 12.8 Å². The number of carboxylic acid groups (broad SMARTS) is 1. The monoisotopic (exact) mass is 342 g/mol. The molecule has 2 rings (SSSR count). The number of carboxylic acids is 1. The molecule has 8 heteroatoms. The SMILES string of the molecule is O=C(O)CCC(=O)N1CCN(C(=O)c2ccc(F)cc2Cl)CC1.